The van der Waals surface area contributed by atoms with Crippen molar-refractivity contribution in [1.29, 1.82) is 0 Å². The van der Waals surface area contributed by atoms with Gasteiger partial charge in [0.05, 0.1) is 0 Å². The predicted octanol–water partition coefficient (Wildman–Crippen LogP) is 6.13. The van der Waals surface area contributed by atoms with Crippen LogP contribution in [-0.2, 0) is 16.0 Å². The van der Waals surface area contributed by atoms with Crippen LogP contribution in [0.4, 0.5) is 0 Å². The molecule has 154 valence electrons. The number of hydrogen-bond acceptors (Lipinski definition) is 3. The van der Waals surface area contributed by atoms with Gasteiger partial charge in [-0.1, -0.05) is 39.2 Å². The topological polar surface area (TPSA) is 46.5 Å². The van der Waals surface area contributed by atoms with E-state index in [9.17, 15) is 9.90 Å². The molecule has 0 bridgehead atoms. The van der Waals surface area contributed by atoms with Crippen LogP contribution in [0.2, 0.25) is 0 Å². The van der Waals surface area contributed by atoms with Crippen LogP contribution < -0.4 is 0 Å². The van der Waals surface area contributed by atoms with Gasteiger partial charge in [-0.25, -0.2) is 0 Å². The lowest BCUT2D eigenvalue weighted by Crippen LogP contribution is -2.45. The Labute approximate surface area is 169 Å². The molecule has 0 saturated heterocycles. The van der Waals surface area contributed by atoms with Gasteiger partial charge in [-0.2, -0.15) is 0 Å². The Hall–Kier alpha value is -1.51. The van der Waals surface area contributed by atoms with Crippen molar-refractivity contribution < 1.29 is 14.6 Å². The molecule has 4 rings (SSSR count). The number of phenolic OH excluding ortho intramolecular Hbond substituents is 1. The SMILES string of the molecule is CCCCCCC(=O)O[C@H]1CCC2C3CCc4cc(O)ccc4C3CCC21C. The van der Waals surface area contributed by atoms with Gasteiger partial charge in [-0.3, -0.25) is 4.79 Å². The molecule has 3 aliphatic carbocycles. The average Bonchev–Trinajstić information content (AvgIpc) is 3.01. The molecular formula is C25H36O3. The minimum atomic E-state index is 0.0227. The Bertz CT molecular complexity index is 712. The summed E-state index contributed by atoms with van der Waals surface area (Å²) in [6.07, 6.45) is 12.0. The molecule has 3 aliphatic rings. The minimum Gasteiger partial charge on any atom is -0.508 e. The third kappa shape index (κ3) is 3.57. The molecule has 1 aromatic carbocycles. The van der Waals surface area contributed by atoms with E-state index in [4.69, 9.17) is 4.74 Å². The molecule has 0 aromatic heterocycles. The third-order valence-electron chi connectivity index (χ3n) is 8.13. The Kier molecular flexibility index (Phi) is 5.71. The van der Waals surface area contributed by atoms with Crippen molar-refractivity contribution in [3.63, 3.8) is 0 Å². The molecule has 2 saturated carbocycles. The zero-order chi connectivity index (χ0) is 19.7. The standard InChI is InChI=1S/C25H36O3/c1-3-4-5-6-7-24(27)28-23-13-12-22-21-10-8-17-16-18(26)9-11-19(17)20(21)14-15-25(22,23)2/h9,11,16,20-23,26H,3-8,10,12-15H2,1-2H3/t20?,21?,22?,23-,25?/m0/s1. The zero-order valence-corrected chi connectivity index (χ0v) is 17.6. The maximum absolute atomic E-state index is 12.4. The van der Waals surface area contributed by atoms with E-state index in [0.717, 1.165) is 32.1 Å². The number of benzene rings is 1. The molecule has 28 heavy (non-hydrogen) atoms. The summed E-state index contributed by atoms with van der Waals surface area (Å²) >= 11 is 0. The molecule has 0 amide bonds. The fourth-order valence-corrected chi connectivity index (χ4v) is 6.63. The van der Waals surface area contributed by atoms with Gasteiger partial charge >= 0.3 is 5.97 Å². The summed E-state index contributed by atoms with van der Waals surface area (Å²) in [4.78, 5) is 12.4. The largest absolute Gasteiger partial charge is 0.508 e. The molecule has 3 nitrogen and oxygen atoms in total. The van der Waals surface area contributed by atoms with Crippen LogP contribution in [0.3, 0.4) is 0 Å². The van der Waals surface area contributed by atoms with E-state index in [-0.39, 0.29) is 17.5 Å². The second kappa shape index (κ2) is 8.08. The van der Waals surface area contributed by atoms with E-state index in [1.54, 1.807) is 0 Å². The highest BCUT2D eigenvalue weighted by molar-refractivity contribution is 5.69. The van der Waals surface area contributed by atoms with Gasteiger partial charge in [0.2, 0.25) is 0 Å². The normalized spacial score (nSPS) is 33.6. The lowest BCUT2D eigenvalue weighted by molar-refractivity contribution is -0.157. The quantitative estimate of drug-likeness (QED) is 0.474. The van der Waals surface area contributed by atoms with Crippen LogP contribution in [0.1, 0.15) is 95.1 Å². The van der Waals surface area contributed by atoms with E-state index >= 15 is 0 Å². The molecule has 5 atom stereocenters. The van der Waals surface area contributed by atoms with E-state index in [2.05, 4.69) is 19.9 Å². The van der Waals surface area contributed by atoms with Gasteiger partial charge in [-0.15, -0.1) is 0 Å². The molecule has 0 aliphatic heterocycles. The third-order valence-corrected chi connectivity index (χ3v) is 8.13. The molecule has 4 unspecified atom stereocenters. The van der Waals surface area contributed by atoms with Crippen molar-refractivity contribution in [3.05, 3.63) is 29.3 Å². The first-order valence-electron chi connectivity index (χ1n) is 11.5. The van der Waals surface area contributed by atoms with Crippen LogP contribution in [0.15, 0.2) is 18.2 Å². The lowest BCUT2D eigenvalue weighted by atomic mass is 9.55. The smallest absolute Gasteiger partial charge is 0.306 e. The summed E-state index contributed by atoms with van der Waals surface area (Å²) in [6.45, 7) is 4.59. The number of fused-ring (bicyclic) bond motifs is 5. The highest BCUT2D eigenvalue weighted by Gasteiger charge is 2.56. The van der Waals surface area contributed by atoms with Gasteiger partial charge in [0.1, 0.15) is 11.9 Å². The highest BCUT2D eigenvalue weighted by Crippen LogP contribution is 2.61. The first-order chi connectivity index (χ1) is 13.5. The second-order valence-corrected chi connectivity index (χ2v) is 9.71. The summed E-state index contributed by atoms with van der Waals surface area (Å²) in [5, 5.41) is 9.84. The van der Waals surface area contributed by atoms with E-state index in [0.29, 0.717) is 29.9 Å². The van der Waals surface area contributed by atoms with Crippen molar-refractivity contribution in [2.45, 2.75) is 96.5 Å². The van der Waals surface area contributed by atoms with E-state index < -0.39 is 0 Å². The van der Waals surface area contributed by atoms with Gasteiger partial charge in [0.15, 0.2) is 0 Å². The number of phenols is 1. The number of hydrogen-bond donors (Lipinski definition) is 1. The summed E-state index contributed by atoms with van der Waals surface area (Å²) < 4.78 is 6.06. The number of unbranched alkanes of at least 4 members (excludes halogenated alkanes) is 3. The molecule has 3 heteroatoms. The fraction of sp³-hybridized carbons (Fsp3) is 0.720. The first-order valence-corrected chi connectivity index (χ1v) is 11.5. The highest BCUT2D eigenvalue weighted by atomic mass is 16.5. The molecule has 0 spiro atoms. The number of aryl methyl sites for hydroxylation is 1. The van der Waals surface area contributed by atoms with Crippen molar-refractivity contribution in [3.8, 4) is 5.75 Å². The average molecular weight is 385 g/mol. The Morgan fingerprint density at radius 2 is 2.04 bits per heavy atom. The van der Waals surface area contributed by atoms with Gasteiger partial charge in [-0.05, 0) is 86.0 Å². The number of aromatic hydroxyl groups is 1. The number of ether oxygens (including phenoxy) is 1. The Morgan fingerprint density at radius 3 is 2.86 bits per heavy atom. The number of carbonyl (C=O) groups excluding carboxylic acids is 1. The Balaban J connectivity index is 1.42. The van der Waals surface area contributed by atoms with Crippen LogP contribution >= 0.6 is 0 Å². The molecular weight excluding hydrogens is 348 g/mol. The number of rotatable bonds is 6. The predicted molar refractivity (Wildman–Crippen MR) is 111 cm³/mol. The van der Waals surface area contributed by atoms with E-state index in [1.165, 1.54) is 43.2 Å². The van der Waals surface area contributed by atoms with Crippen molar-refractivity contribution in [2.75, 3.05) is 0 Å². The van der Waals surface area contributed by atoms with Crippen LogP contribution in [0, 0.1) is 17.3 Å². The summed E-state index contributed by atoms with van der Waals surface area (Å²) in [6, 6.07) is 5.98. The summed E-state index contributed by atoms with van der Waals surface area (Å²) in [5.74, 6) is 2.39. The molecule has 0 radical (unpaired) electrons. The number of carbonyl (C=O) groups is 1. The summed E-state index contributed by atoms with van der Waals surface area (Å²) in [7, 11) is 0. The van der Waals surface area contributed by atoms with Crippen molar-refractivity contribution in [1.82, 2.24) is 0 Å². The zero-order valence-electron chi connectivity index (χ0n) is 17.6. The molecule has 1 N–H and O–H groups in total. The van der Waals surface area contributed by atoms with Crippen molar-refractivity contribution in [2.24, 2.45) is 17.3 Å². The van der Waals surface area contributed by atoms with Crippen LogP contribution in [0.5, 0.6) is 5.75 Å². The number of esters is 1. The van der Waals surface area contributed by atoms with Gasteiger partial charge in [0, 0.05) is 11.8 Å². The molecule has 1 aromatic rings. The Morgan fingerprint density at radius 1 is 1.18 bits per heavy atom. The van der Waals surface area contributed by atoms with Crippen LogP contribution in [0.25, 0.3) is 0 Å². The minimum absolute atomic E-state index is 0.0227. The van der Waals surface area contributed by atoms with Crippen molar-refractivity contribution >= 4 is 5.97 Å². The molecule has 0 heterocycles. The second-order valence-electron chi connectivity index (χ2n) is 9.71. The maximum atomic E-state index is 12.4. The van der Waals surface area contributed by atoms with Gasteiger partial charge in [0.25, 0.3) is 0 Å². The van der Waals surface area contributed by atoms with Gasteiger partial charge < -0.3 is 9.84 Å². The monoisotopic (exact) mass is 384 g/mol. The molecule has 2 fully saturated rings. The lowest BCUT2D eigenvalue weighted by Gasteiger charge is -2.50. The van der Waals surface area contributed by atoms with Crippen LogP contribution in [-0.4, -0.2) is 17.2 Å². The fourth-order valence-electron chi connectivity index (χ4n) is 6.63. The summed E-state index contributed by atoms with van der Waals surface area (Å²) in [5.41, 5.74) is 2.96. The van der Waals surface area contributed by atoms with E-state index in [1.807, 2.05) is 12.1 Å². The maximum Gasteiger partial charge on any atom is 0.306 e. The first kappa shape index (κ1) is 19.8.